The molecule has 0 aromatic carbocycles. The molecule has 0 spiro atoms. The number of hydrogen-bond acceptors (Lipinski definition) is 6. The Morgan fingerprint density at radius 2 is 1.69 bits per heavy atom. The van der Waals surface area contributed by atoms with Crippen LogP contribution in [0.4, 0.5) is 0 Å². The summed E-state index contributed by atoms with van der Waals surface area (Å²) in [5.41, 5.74) is -1.53. The standard InChI is InChI=1S/C32H43ClO6/c1-27(2)10-12-32(26(38)39-7)13-11-30(5)23(18(32)15-27)20(35)14-22-29(30,4)9-8-21-28(3,17-34)25(37)24(36)19(16-33)31(21,22)6/h14,16,18,21,23,34H,8-13,15,17H2,1-7H3/b19-16+/t18-,21-,23-,28+,29+,30+,31-,32-/m0/s1. The van der Waals surface area contributed by atoms with Crippen molar-refractivity contribution < 1.29 is 29.0 Å². The van der Waals surface area contributed by atoms with Gasteiger partial charge in [-0.1, -0.05) is 46.2 Å². The normalized spacial score (nSPS) is 47.9. The smallest absolute Gasteiger partial charge is 0.312 e. The molecular weight excluding hydrogens is 516 g/mol. The molecule has 5 rings (SSSR count). The highest BCUT2D eigenvalue weighted by Gasteiger charge is 2.73. The summed E-state index contributed by atoms with van der Waals surface area (Å²) in [7, 11) is 1.45. The van der Waals surface area contributed by atoms with E-state index in [0.29, 0.717) is 25.7 Å². The van der Waals surface area contributed by atoms with E-state index in [0.717, 1.165) is 24.8 Å². The Hall–Kier alpha value is -1.79. The maximum atomic E-state index is 14.5. The van der Waals surface area contributed by atoms with E-state index < -0.39 is 45.2 Å². The highest BCUT2D eigenvalue weighted by molar-refractivity contribution is 6.48. The number of halogens is 1. The Kier molecular flexibility index (Phi) is 6.34. The average molecular weight is 559 g/mol. The lowest BCUT2D eigenvalue weighted by molar-refractivity contribution is -0.192. The molecule has 214 valence electrons. The Morgan fingerprint density at radius 3 is 2.28 bits per heavy atom. The van der Waals surface area contributed by atoms with Gasteiger partial charge in [0.15, 0.2) is 5.78 Å². The minimum Gasteiger partial charge on any atom is -0.469 e. The van der Waals surface area contributed by atoms with Gasteiger partial charge in [-0.3, -0.25) is 19.2 Å². The number of rotatable bonds is 2. The molecule has 39 heavy (non-hydrogen) atoms. The van der Waals surface area contributed by atoms with E-state index in [4.69, 9.17) is 16.3 Å². The van der Waals surface area contributed by atoms with Gasteiger partial charge in [-0.05, 0) is 91.6 Å². The van der Waals surface area contributed by atoms with Gasteiger partial charge >= 0.3 is 5.97 Å². The molecule has 5 aliphatic rings. The predicted molar refractivity (Wildman–Crippen MR) is 148 cm³/mol. The van der Waals surface area contributed by atoms with Crippen LogP contribution in [-0.4, -0.2) is 42.1 Å². The van der Waals surface area contributed by atoms with Crippen LogP contribution in [0.3, 0.4) is 0 Å². The zero-order valence-corrected chi connectivity index (χ0v) is 25.2. The molecule has 5 aliphatic carbocycles. The lowest BCUT2D eigenvalue weighted by atomic mass is 9.33. The van der Waals surface area contributed by atoms with Gasteiger partial charge in [0.2, 0.25) is 11.6 Å². The molecule has 4 fully saturated rings. The molecule has 0 unspecified atom stereocenters. The molecule has 0 aliphatic heterocycles. The summed E-state index contributed by atoms with van der Waals surface area (Å²) in [6.45, 7) is 12.0. The Morgan fingerprint density at radius 1 is 1.05 bits per heavy atom. The number of ether oxygens (including phenoxy) is 1. The first kappa shape index (κ1) is 28.7. The number of Topliss-reactive ketones (excluding diaryl/α,β-unsaturated/α-hetero) is 2. The van der Waals surface area contributed by atoms with Crippen molar-refractivity contribution in [1.29, 1.82) is 0 Å². The Labute approximate surface area is 237 Å². The monoisotopic (exact) mass is 558 g/mol. The third kappa shape index (κ3) is 3.31. The second kappa shape index (κ2) is 8.61. The number of allylic oxidation sites excluding steroid dienone is 3. The summed E-state index contributed by atoms with van der Waals surface area (Å²) in [4.78, 5) is 54.6. The number of carbonyl (C=O) groups is 4. The molecule has 8 atom stereocenters. The summed E-state index contributed by atoms with van der Waals surface area (Å²) in [5, 5.41) is 10.4. The lowest BCUT2D eigenvalue weighted by Crippen LogP contribution is -2.67. The first-order valence-corrected chi connectivity index (χ1v) is 14.8. The second-order valence-electron chi connectivity index (χ2n) is 14.9. The van der Waals surface area contributed by atoms with Gasteiger partial charge in [0.1, 0.15) is 0 Å². The quantitative estimate of drug-likeness (QED) is 0.269. The third-order valence-electron chi connectivity index (χ3n) is 12.9. The van der Waals surface area contributed by atoms with Crippen molar-refractivity contribution in [3.05, 3.63) is 22.8 Å². The zero-order valence-electron chi connectivity index (χ0n) is 24.4. The van der Waals surface area contributed by atoms with E-state index in [9.17, 15) is 24.3 Å². The lowest BCUT2D eigenvalue weighted by Gasteiger charge is -2.69. The van der Waals surface area contributed by atoms with Crippen molar-refractivity contribution >= 4 is 34.9 Å². The molecule has 0 radical (unpaired) electrons. The van der Waals surface area contributed by atoms with Crippen LogP contribution in [0.5, 0.6) is 0 Å². The van der Waals surface area contributed by atoms with Crippen LogP contribution in [-0.2, 0) is 23.9 Å². The molecule has 0 aromatic rings. The molecule has 4 saturated carbocycles. The largest absolute Gasteiger partial charge is 0.469 e. The number of esters is 1. The van der Waals surface area contributed by atoms with Gasteiger partial charge < -0.3 is 9.84 Å². The topological polar surface area (TPSA) is 97.7 Å². The maximum Gasteiger partial charge on any atom is 0.312 e. The Bertz CT molecular complexity index is 1230. The first-order valence-electron chi connectivity index (χ1n) is 14.4. The number of fused-ring (bicyclic) bond motifs is 7. The number of carbonyl (C=O) groups excluding carboxylic acids is 4. The van der Waals surface area contributed by atoms with E-state index in [2.05, 4.69) is 27.7 Å². The minimum absolute atomic E-state index is 0.00285. The molecule has 7 heteroatoms. The molecule has 0 aromatic heterocycles. The summed E-state index contributed by atoms with van der Waals surface area (Å²) in [6, 6.07) is 0. The molecule has 0 bridgehead atoms. The van der Waals surface area contributed by atoms with Gasteiger partial charge in [0.05, 0.1) is 24.5 Å². The van der Waals surface area contributed by atoms with Crippen LogP contribution in [0.15, 0.2) is 22.8 Å². The van der Waals surface area contributed by atoms with Crippen molar-refractivity contribution in [3.63, 3.8) is 0 Å². The van der Waals surface area contributed by atoms with E-state index in [1.54, 1.807) is 13.0 Å². The van der Waals surface area contributed by atoms with Crippen molar-refractivity contribution in [1.82, 2.24) is 0 Å². The summed E-state index contributed by atoms with van der Waals surface area (Å²) in [5.74, 6) is -2.36. The maximum absolute atomic E-state index is 14.5. The van der Waals surface area contributed by atoms with Crippen molar-refractivity contribution in [2.24, 2.45) is 50.2 Å². The van der Waals surface area contributed by atoms with Crippen LogP contribution in [0, 0.1) is 50.2 Å². The van der Waals surface area contributed by atoms with Gasteiger partial charge in [0, 0.05) is 22.4 Å². The summed E-state index contributed by atoms with van der Waals surface area (Å²) < 4.78 is 5.39. The fraction of sp³-hybridized carbons (Fsp3) is 0.750. The highest BCUT2D eigenvalue weighted by atomic mass is 35.5. The third-order valence-corrected chi connectivity index (χ3v) is 13.1. The number of aliphatic hydroxyl groups is 1. The van der Waals surface area contributed by atoms with Crippen LogP contribution in [0.2, 0.25) is 0 Å². The number of methoxy groups -OCH3 is 1. The minimum atomic E-state index is -1.25. The summed E-state index contributed by atoms with van der Waals surface area (Å²) >= 11 is 6.30. The molecule has 0 amide bonds. The zero-order chi connectivity index (χ0) is 29.0. The van der Waals surface area contributed by atoms with E-state index >= 15 is 0 Å². The van der Waals surface area contributed by atoms with Gasteiger partial charge in [-0.15, -0.1) is 0 Å². The molecule has 1 N–H and O–H groups in total. The van der Waals surface area contributed by atoms with Gasteiger partial charge in [-0.2, -0.15) is 0 Å². The average Bonchev–Trinajstić information content (AvgIpc) is 2.88. The number of aliphatic hydroxyl groups excluding tert-OH is 1. The first-order chi connectivity index (χ1) is 18.0. The van der Waals surface area contributed by atoms with Gasteiger partial charge in [0.25, 0.3) is 0 Å². The molecule has 6 nitrogen and oxygen atoms in total. The van der Waals surface area contributed by atoms with Crippen LogP contribution >= 0.6 is 11.6 Å². The second-order valence-corrected chi connectivity index (χ2v) is 15.1. The van der Waals surface area contributed by atoms with E-state index in [-0.39, 0.29) is 40.5 Å². The SMILES string of the molecule is COC(=O)[C@]12CCC(C)(C)C[C@H]1[C@H]1C(=O)C=C3[C@@]4(C)/C(=C/Cl)C(=O)C(=O)[C@](C)(CO)[C@@H]4CC[C@@]3(C)[C@]1(C)CC2. The Balaban J connectivity index is 1.73. The van der Waals surface area contributed by atoms with Crippen LogP contribution < -0.4 is 0 Å². The van der Waals surface area contributed by atoms with Crippen molar-refractivity contribution in [3.8, 4) is 0 Å². The predicted octanol–water partition coefficient (Wildman–Crippen LogP) is 5.59. The molecular formula is C32H43ClO6. The molecule has 0 heterocycles. The van der Waals surface area contributed by atoms with Crippen molar-refractivity contribution in [2.75, 3.05) is 13.7 Å². The van der Waals surface area contributed by atoms with E-state index in [1.807, 2.05) is 6.92 Å². The number of ketones is 3. The summed E-state index contributed by atoms with van der Waals surface area (Å²) in [6.07, 6.45) is 6.83. The van der Waals surface area contributed by atoms with Gasteiger partial charge in [-0.25, -0.2) is 0 Å². The number of hydrogen-bond donors (Lipinski definition) is 1. The molecule has 0 saturated heterocycles. The van der Waals surface area contributed by atoms with Crippen molar-refractivity contribution in [2.45, 2.75) is 86.5 Å². The fourth-order valence-electron chi connectivity index (χ4n) is 10.3. The fourth-order valence-corrected chi connectivity index (χ4v) is 10.6. The van der Waals surface area contributed by atoms with Crippen LogP contribution in [0.1, 0.15) is 86.5 Å². The highest BCUT2D eigenvalue weighted by Crippen LogP contribution is 2.75. The van der Waals surface area contributed by atoms with E-state index in [1.165, 1.54) is 12.6 Å². The van der Waals surface area contributed by atoms with Crippen LogP contribution in [0.25, 0.3) is 0 Å².